The molecule has 3 atom stereocenters. The Bertz CT molecular complexity index is 989. The zero-order valence-corrected chi connectivity index (χ0v) is 15.9. The van der Waals surface area contributed by atoms with Crippen molar-refractivity contribution >= 4 is 5.97 Å². The number of hydrogen-bond acceptors (Lipinski definition) is 8. The molecule has 8 heteroatoms. The molecular formula is C21H20O8. The molecule has 3 aliphatic rings. The van der Waals surface area contributed by atoms with E-state index in [1.54, 1.807) is 12.1 Å². The van der Waals surface area contributed by atoms with Crippen molar-refractivity contribution in [2.45, 2.75) is 12.3 Å². The van der Waals surface area contributed by atoms with E-state index in [2.05, 4.69) is 0 Å². The average Bonchev–Trinajstić information content (AvgIpc) is 3.34. The molecule has 2 aliphatic heterocycles. The first-order valence-corrected chi connectivity index (χ1v) is 9.29. The average molecular weight is 400 g/mol. The zero-order valence-electron chi connectivity index (χ0n) is 15.9. The van der Waals surface area contributed by atoms with Gasteiger partial charge in [-0.25, -0.2) is 0 Å². The van der Waals surface area contributed by atoms with Crippen LogP contribution in [0.1, 0.15) is 22.6 Å². The smallest absolute Gasteiger partial charge is 0.310 e. The molecule has 0 aromatic heterocycles. The van der Waals surface area contributed by atoms with E-state index >= 15 is 0 Å². The van der Waals surface area contributed by atoms with E-state index in [-0.39, 0.29) is 41.7 Å². The van der Waals surface area contributed by atoms with Crippen LogP contribution in [0.25, 0.3) is 0 Å². The number of rotatable bonds is 3. The van der Waals surface area contributed by atoms with Gasteiger partial charge >= 0.3 is 5.97 Å². The maximum absolute atomic E-state index is 12.6. The van der Waals surface area contributed by atoms with Crippen LogP contribution in [0.15, 0.2) is 18.2 Å². The largest absolute Gasteiger partial charge is 0.504 e. The summed E-state index contributed by atoms with van der Waals surface area (Å²) < 4.78 is 26.9. The SMILES string of the molecule is COc1cc([C@@H]2c3cc4c(c(O)c3C[C@H]3COC(=O)[C@H]32)OCO4)cc(OC)c1O. The van der Waals surface area contributed by atoms with Crippen molar-refractivity contribution in [1.29, 1.82) is 0 Å². The maximum Gasteiger partial charge on any atom is 0.310 e. The van der Waals surface area contributed by atoms with Crippen molar-refractivity contribution in [2.24, 2.45) is 11.8 Å². The van der Waals surface area contributed by atoms with E-state index in [1.807, 2.05) is 6.07 Å². The summed E-state index contributed by atoms with van der Waals surface area (Å²) >= 11 is 0. The molecule has 0 saturated carbocycles. The number of esters is 1. The van der Waals surface area contributed by atoms with Crippen molar-refractivity contribution in [3.63, 3.8) is 0 Å². The van der Waals surface area contributed by atoms with Crippen molar-refractivity contribution in [1.82, 2.24) is 0 Å². The molecule has 29 heavy (non-hydrogen) atoms. The molecule has 1 aliphatic carbocycles. The highest BCUT2D eigenvalue weighted by Crippen LogP contribution is 2.55. The number of phenolic OH excluding ortho intramolecular Hbond substituents is 2. The summed E-state index contributed by atoms with van der Waals surface area (Å²) in [7, 11) is 2.90. The van der Waals surface area contributed by atoms with Gasteiger partial charge in [0.1, 0.15) is 0 Å². The van der Waals surface area contributed by atoms with Gasteiger partial charge in [-0.2, -0.15) is 0 Å². The molecule has 0 bridgehead atoms. The minimum Gasteiger partial charge on any atom is -0.504 e. The summed E-state index contributed by atoms with van der Waals surface area (Å²) in [5, 5.41) is 21.1. The van der Waals surface area contributed by atoms with E-state index in [9.17, 15) is 15.0 Å². The Kier molecular flexibility index (Phi) is 3.90. The molecule has 2 N–H and O–H groups in total. The molecule has 1 fully saturated rings. The minimum absolute atomic E-state index is 0.0339. The van der Waals surface area contributed by atoms with Gasteiger partial charge in [0.25, 0.3) is 0 Å². The highest BCUT2D eigenvalue weighted by Gasteiger charge is 2.49. The van der Waals surface area contributed by atoms with Crippen LogP contribution in [0.5, 0.6) is 34.5 Å². The van der Waals surface area contributed by atoms with Gasteiger partial charge in [0.05, 0.1) is 26.7 Å². The zero-order chi connectivity index (χ0) is 20.3. The number of benzene rings is 2. The number of fused-ring (bicyclic) bond motifs is 3. The van der Waals surface area contributed by atoms with E-state index in [4.69, 9.17) is 23.7 Å². The van der Waals surface area contributed by atoms with Crippen LogP contribution >= 0.6 is 0 Å². The van der Waals surface area contributed by atoms with E-state index in [1.165, 1.54) is 14.2 Å². The first-order valence-electron chi connectivity index (χ1n) is 9.29. The Labute approximate surface area is 166 Å². The second-order valence-corrected chi connectivity index (χ2v) is 7.40. The Morgan fingerprint density at radius 1 is 1.00 bits per heavy atom. The van der Waals surface area contributed by atoms with Gasteiger partial charge in [-0.1, -0.05) is 0 Å². The van der Waals surface area contributed by atoms with Gasteiger partial charge in [-0.3, -0.25) is 4.79 Å². The number of aromatic hydroxyl groups is 2. The molecule has 0 spiro atoms. The Balaban J connectivity index is 1.75. The molecule has 8 nitrogen and oxygen atoms in total. The lowest BCUT2D eigenvalue weighted by Gasteiger charge is -2.34. The molecule has 152 valence electrons. The summed E-state index contributed by atoms with van der Waals surface area (Å²) in [6.07, 6.45) is 0.497. The number of phenols is 2. The number of cyclic esters (lactones) is 1. The molecule has 0 amide bonds. The Morgan fingerprint density at radius 2 is 1.72 bits per heavy atom. The van der Waals surface area contributed by atoms with Crippen molar-refractivity contribution < 1.29 is 38.7 Å². The van der Waals surface area contributed by atoms with Crippen LogP contribution in [0.3, 0.4) is 0 Å². The summed E-state index contributed by atoms with van der Waals surface area (Å²) in [5.74, 6) is -0.0708. The van der Waals surface area contributed by atoms with Crippen LogP contribution in [-0.4, -0.2) is 43.8 Å². The first-order chi connectivity index (χ1) is 14.0. The monoisotopic (exact) mass is 400 g/mol. The maximum atomic E-state index is 12.6. The fourth-order valence-corrected chi connectivity index (χ4v) is 4.69. The number of carbonyl (C=O) groups is 1. The number of hydrogen-bond donors (Lipinski definition) is 2. The standard InChI is InChI=1S/C21H20O8/c1-25-13-4-9(5-14(26-2)19(13)23)16-11-6-15-20(29-8-28-15)18(22)12(11)3-10-7-27-21(24)17(10)16/h4-6,10,16-17,22-23H,3,7-8H2,1-2H3/t10-,16+,17+/m0/s1. The fraction of sp³-hybridized carbons (Fsp3) is 0.381. The fourth-order valence-electron chi connectivity index (χ4n) is 4.69. The molecule has 2 aromatic carbocycles. The highest BCUT2D eigenvalue weighted by molar-refractivity contribution is 5.79. The second-order valence-electron chi connectivity index (χ2n) is 7.40. The van der Waals surface area contributed by atoms with Gasteiger partial charge in [-0.05, 0) is 35.7 Å². The minimum atomic E-state index is -0.429. The summed E-state index contributed by atoms with van der Waals surface area (Å²) in [6.45, 7) is 0.325. The predicted molar refractivity (Wildman–Crippen MR) is 98.9 cm³/mol. The van der Waals surface area contributed by atoms with Crippen molar-refractivity contribution in [3.8, 4) is 34.5 Å². The second kappa shape index (κ2) is 6.37. The van der Waals surface area contributed by atoms with E-state index < -0.39 is 11.8 Å². The third-order valence-electron chi connectivity index (χ3n) is 6.02. The number of methoxy groups -OCH3 is 2. The molecule has 0 unspecified atom stereocenters. The third kappa shape index (κ3) is 2.48. The summed E-state index contributed by atoms with van der Waals surface area (Å²) in [5.41, 5.74) is 2.19. The third-order valence-corrected chi connectivity index (χ3v) is 6.02. The highest BCUT2D eigenvalue weighted by atomic mass is 16.7. The summed E-state index contributed by atoms with van der Waals surface area (Å²) in [6, 6.07) is 5.18. The molecule has 1 saturated heterocycles. The lowest BCUT2D eigenvalue weighted by Crippen LogP contribution is -2.31. The number of ether oxygens (including phenoxy) is 5. The Morgan fingerprint density at radius 3 is 2.41 bits per heavy atom. The van der Waals surface area contributed by atoms with Crippen molar-refractivity contribution in [2.75, 3.05) is 27.6 Å². The lowest BCUT2D eigenvalue weighted by atomic mass is 9.67. The molecule has 5 rings (SSSR count). The van der Waals surface area contributed by atoms with Crippen LogP contribution in [0.2, 0.25) is 0 Å². The topological polar surface area (TPSA) is 104 Å². The van der Waals surface area contributed by atoms with Gasteiger partial charge in [0.15, 0.2) is 23.0 Å². The first kappa shape index (κ1) is 17.8. The van der Waals surface area contributed by atoms with Gasteiger partial charge < -0.3 is 33.9 Å². The normalized spacial score (nSPS) is 23.9. The quantitative estimate of drug-likeness (QED) is 0.757. The molecular weight excluding hydrogens is 380 g/mol. The van der Waals surface area contributed by atoms with E-state index in [0.29, 0.717) is 35.7 Å². The molecule has 0 radical (unpaired) electrons. The molecule has 2 heterocycles. The van der Waals surface area contributed by atoms with Gasteiger partial charge in [0, 0.05) is 17.4 Å². The van der Waals surface area contributed by atoms with Crippen LogP contribution in [0, 0.1) is 11.8 Å². The number of carbonyl (C=O) groups excluding carboxylic acids is 1. The van der Waals surface area contributed by atoms with Gasteiger partial charge in [-0.15, -0.1) is 0 Å². The molecule has 2 aromatic rings. The summed E-state index contributed by atoms with van der Waals surface area (Å²) in [4.78, 5) is 12.6. The van der Waals surface area contributed by atoms with E-state index in [0.717, 1.165) is 5.56 Å². The Hall–Kier alpha value is -3.29. The van der Waals surface area contributed by atoms with Gasteiger partial charge in [0.2, 0.25) is 18.3 Å². The van der Waals surface area contributed by atoms with Crippen LogP contribution in [-0.2, 0) is 16.0 Å². The predicted octanol–water partition coefficient (Wildman–Crippen LogP) is 2.32. The lowest BCUT2D eigenvalue weighted by molar-refractivity contribution is -0.141. The van der Waals surface area contributed by atoms with Crippen LogP contribution in [0.4, 0.5) is 0 Å². The van der Waals surface area contributed by atoms with Crippen molar-refractivity contribution in [3.05, 3.63) is 34.9 Å². The van der Waals surface area contributed by atoms with Crippen LogP contribution < -0.4 is 18.9 Å².